The van der Waals surface area contributed by atoms with E-state index < -0.39 is 6.10 Å². The van der Waals surface area contributed by atoms with Crippen LogP contribution in [0.1, 0.15) is 24.5 Å². The summed E-state index contributed by atoms with van der Waals surface area (Å²) in [5.41, 5.74) is 0.533. The number of aliphatic hydroxyl groups is 1. The van der Waals surface area contributed by atoms with E-state index in [2.05, 4.69) is 10.3 Å². The van der Waals surface area contributed by atoms with Crippen molar-refractivity contribution in [3.8, 4) is 0 Å². The van der Waals surface area contributed by atoms with Crippen LogP contribution in [-0.2, 0) is 11.3 Å². The molecular weight excluding hydrogens is 325 g/mol. The Labute approximate surface area is 138 Å². The molecule has 0 saturated carbocycles. The monoisotopic (exact) mass is 341 g/mol. The fourth-order valence-electron chi connectivity index (χ4n) is 2.04. The molecular formula is C15H17Cl2N3O2. The standard InChI is InChI=1S/C15H17Cl2N3O2/c16-12-6-11(7-13(17)8-12)14(21)9-15(22)19-2-1-4-20-5-3-18-10-20/h3,5-8,10,14,21H,1-2,4,9H2,(H,19,22). The Bertz CT molecular complexity index is 597. The lowest BCUT2D eigenvalue weighted by atomic mass is 10.1. The Balaban J connectivity index is 1.74. The van der Waals surface area contributed by atoms with E-state index in [0.29, 0.717) is 22.2 Å². The normalized spacial score (nSPS) is 12.1. The average molecular weight is 342 g/mol. The van der Waals surface area contributed by atoms with Gasteiger partial charge in [0.1, 0.15) is 0 Å². The van der Waals surface area contributed by atoms with Gasteiger partial charge in [-0.15, -0.1) is 0 Å². The summed E-state index contributed by atoms with van der Waals surface area (Å²) in [5.74, 6) is -0.214. The van der Waals surface area contributed by atoms with Gasteiger partial charge >= 0.3 is 0 Å². The summed E-state index contributed by atoms with van der Waals surface area (Å²) >= 11 is 11.8. The number of rotatable bonds is 7. The fraction of sp³-hybridized carbons (Fsp3) is 0.333. The summed E-state index contributed by atoms with van der Waals surface area (Å²) < 4.78 is 1.94. The zero-order valence-corrected chi connectivity index (χ0v) is 13.4. The predicted molar refractivity (Wildman–Crippen MR) is 85.9 cm³/mol. The van der Waals surface area contributed by atoms with Crippen molar-refractivity contribution in [3.05, 3.63) is 52.5 Å². The minimum Gasteiger partial charge on any atom is -0.388 e. The van der Waals surface area contributed by atoms with E-state index in [4.69, 9.17) is 23.2 Å². The maximum absolute atomic E-state index is 11.8. The molecule has 2 aromatic rings. The molecule has 0 spiro atoms. The first-order chi connectivity index (χ1) is 10.5. The van der Waals surface area contributed by atoms with E-state index in [1.807, 2.05) is 10.8 Å². The maximum atomic E-state index is 11.8. The van der Waals surface area contributed by atoms with Crippen molar-refractivity contribution in [1.29, 1.82) is 0 Å². The van der Waals surface area contributed by atoms with Crippen LogP contribution < -0.4 is 5.32 Å². The number of carbonyl (C=O) groups excluding carboxylic acids is 1. The first-order valence-corrected chi connectivity index (χ1v) is 7.66. The topological polar surface area (TPSA) is 67.2 Å². The number of benzene rings is 1. The number of aliphatic hydroxyl groups excluding tert-OH is 1. The molecule has 1 unspecified atom stereocenters. The van der Waals surface area contributed by atoms with Crippen LogP contribution in [0.4, 0.5) is 0 Å². The van der Waals surface area contributed by atoms with Crippen LogP contribution in [-0.4, -0.2) is 27.1 Å². The molecule has 0 aliphatic heterocycles. The van der Waals surface area contributed by atoms with Gasteiger partial charge in [0.25, 0.3) is 0 Å². The minimum atomic E-state index is -0.926. The highest BCUT2D eigenvalue weighted by Crippen LogP contribution is 2.25. The van der Waals surface area contributed by atoms with Crippen LogP contribution in [0.3, 0.4) is 0 Å². The van der Waals surface area contributed by atoms with Crippen molar-refractivity contribution in [1.82, 2.24) is 14.9 Å². The molecule has 1 atom stereocenters. The summed E-state index contributed by atoms with van der Waals surface area (Å²) in [6, 6.07) is 4.78. The van der Waals surface area contributed by atoms with Crippen molar-refractivity contribution in [2.75, 3.05) is 6.54 Å². The zero-order valence-electron chi connectivity index (χ0n) is 11.9. The Morgan fingerprint density at radius 2 is 2.05 bits per heavy atom. The Morgan fingerprint density at radius 1 is 1.32 bits per heavy atom. The summed E-state index contributed by atoms with van der Waals surface area (Å²) in [6.07, 6.45) is 5.15. The van der Waals surface area contributed by atoms with Crippen molar-refractivity contribution in [3.63, 3.8) is 0 Å². The molecule has 2 rings (SSSR count). The van der Waals surface area contributed by atoms with Crippen molar-refractivity contribution >= 4 is 29.1 Å². The molecule has 0 fully saturated rings. The first-order valence-electron chi connectivity index (χ1n) is 6.91. The average Bonchev–Trinajstić information content (AvgIpc) is 2.95. The summed E-state index contributed by atoms with van der Waals surface area (Å²) in [7, 11) is 0. The third-order valence-electron chi connectivity index (χ3n) is 3.12. The molecule has 1 amide bonds. The molecule has 0 aliphatic carbocycles. The van der Waals surface area contributed by atoms with Crippen LogP contribution in [0.2, 0.25) is 10.0 Å². The second-order valence-electron chi connectivity index (χ2n) is 4.93. The molecule has 22 heavy (non-hydrogen) atoms. The molecule has 0 radical (unpaired) electrons. The number of nitrogens with zero attached hydrogens (tertiary/aromatic N) is 2. The van der Waals surface area contributed by atoms with Gasteiger partial charge in [0.05, 0.1) is 18.9 Å². The first kappa shape index (κ1) is 16.8. The van der Waals surface area contributed by atoms with Crippen LogP contribution in [0.15, 0.2) is 36.9 Å². The molecule has 5 nitrogen and oxygen atoms in total. The van der Waals surface area contributed by atoms with E-state index >= 15 is 0 Å². The number of aryl methyl sites for hydroxylation is 1. The van der Waals surface area contributed by atoms with Gasteiger partial charge in [0.15, 0.2) is 0 Å². The van der Waals surface area contributed by atoms with Crippen LogP contribution in [0.5, 0.6) is 0 Å². The minimum absolute atomic E-state index is 0.0260. The Kier molecular flexibility index (Phi) is 6.24. The predicted octanol–water partition coefficient (Wildman–Crippen LogP) is 2.82. The Morgan fingerprint density at radius 3 is 2.68 bits per heavy atom. The summed E-state index contributed by atoms with van der Waals surface area (Å²) in [4.78, 5) is 15.7. The number of nitrogens with one attached hydrogen (secondary N) is 1. The van der Waals surface area contributed by atoms with Gasteiger partial charge in [-0.05, 0) is 30.2 Å². The number of hydrogen-bond donors (Lipinski definition) is 2. The van der Waals surface area contributed by atoms with Crippen LogP contribution in [0.25, 0.3) is 0 Å². The zero-order chi connectivity index (χ0) is 15.9. The second kappa shape index (κ2) is 8.17. The number of carbonyl (C=O) groups is 1. The van der Waals surface area contributed by atoms with Gasteiger partial charge in [-0.25, -0.2) is 4.98 Å². The van der Waals surface area contributed by atoms with Gasteiger partial charge in [0, 0.05) is 35.5 Å². The molecule has 1 aromatic carbocycles. The molecule has 2 N–H and O–H groups in total. The SMILES string of the molecule is O=C(CC(O)c1cc(Cl)cc(Cl)c1)NCCCn1ccnc1. The van der Waals surface area contributed by atoms with Crippen molar-refractivity contribution in [2.24, 2.45) is 0 Å². The smallest absolute Gasteiger partial charge is 0.222 e. The van der Waals surface area contributed by atoms with Crippen molar-refractivity contribution < 1.29 is 9.90 Å². The molecule has 0 bridgehead atoms. The highest BCUT2D eigenvalue weighted by Gasteiger charge is 2.14. The maximum Gasteiger partial charge on any atom is 0.222 e. The van der Waals surface area contributed by atoms with Gasteiger partial charge in [-0.2, -0.15) is 0 Å². The highest BCUT2D eigenvalue weighted by atomic mass is 35.5. The van der Waals surface area contributed by atoms with Gasteiger partial charge in [0.2, 0.25) is 5.91 Å². The number of hydrogen-bond acceptors (Lipinski definition) is 3. The van der Waals surface area contributed by atoms with Gasteiger partial charge in [-0.3, -0.25) is 4.79 Å². The number of aromatic nitrogens is 2. The highest BCUT2D eigenvalue weighted by molar-refractivity contribution is 6.34. The Hall–Kier alpha value is -1.56. The molecule has 0 aliphatic rings. The van der Waals surface area contributed by atoms with E-state index in [9.17, 15) is 9.90 Å². The quantitative estimate of drug-likeness (QED) is 0.761. The number of imidazole rings is 1. The van der Waals surface area contributed by atoms with Crippen LogP contribution >= 0.6 is 23.2 Å². The van der Waals surface area contributed by atoms with Gasteiger partial charge < -0.3 is 15.0 Å². The van der Waals surface area contributed by atoms with E-state index in [1.54, 1.807) is 30.7 Å². The molecule has 7 heteroatoms. The number of halogens is 2. The van der Waals surface area contributed by atoms with E-state index in [1.165, 1.54) is 0 Å². The summed E-state index contributed by atoms with van der Waals surface area (Å²) in [5, 5.41) is 13.7. The number of amides is 1. The molecule has 1 aromatic heterocycles. The second-order valence-corrected chi connectivity index (χ2v) is 5.80. The van der Waals surface area contributed by atoms with Crippen LogP contribution in [0, 0.1) is 0 Å². The molecule has 1 heterocycles. The lowest BCUT2D eigenvalue weighted by molar-refractivity contribution is -0.123. The van der Waals surface area contributed by atoms with E-state index in [-0.39, 0.29) is 12.3 Å². The largest absolute Gasteiger partial charge is 0.388 e. The van der Waals surface area contributed by atoms with Crippen molar-refractivity contribution in [2.45, 2.75) is 25.5 Å². The third kappa shape index (κ3) is 5.33. The molecule has 118 valence electrons. The van der Waals surface area contributed by atoms with Gasteiger partial charge in [-0.1, -0.05) is 23.2 Å². The third-order valence-corrected chi connectivity index (χ3v) is 3.56. The lowest BCUT2D eigenvalue weighted by Gasteiger charge is -2.12. The fourth-order valence-corrected chi connectivity index (χ4v) is 2.58. The lowest BCUT2D eigenvalue weighted by Crippen LogP contribution is -2.26. The van der Waals surface area contributed by atoms with E-state index in [0.717, 1.165) is 13.0 Å². The molecule has 0 saturated heterocycles. The summed E-state index contributed by atoms with van der Waals surface area (Å²) in [6.45, 7) is 1.33.